The van der Waals surface area contributed by atoms with Crippen LogP contribution in [-0.2, 0) is 11.2 Å². The van der Waals surface area contributed by atoms with Crippen LogP contribution < -0.4 is 10.1 Å². The lowest BCUT2D eigenvalue weighted by atomic mass is 10.1. The molecule has 0 aromatic heterocycles. The van der Waals surface area contributed by atoms with E-state index in [0.717, 1.165) is 18.7 Å². The fourth-order valence-corrected chi connectivity index (χ4v) is 1.93. The summed E-state index contributed by atoms with van der Waals surface area (Å²) in [5, 5.41) is 12.9. The minimum atomic E-state index is -0.585. The number of aliphatic hydroxyl groups excluding tert-OH is 1. The van der Waals surface area contributed by atoms with Crippen molar-refractivity contribution in [2.75, 3.05) is 26.9 Å². The van der Waals surface area contributed by atoms with Gasteiger partial charge in [-0.1, -0.05) is 19.1 Å². The zero-order chi connectivity index (χ0) is 14.1. The van der Waals surface area contributed by atoms with Gasteiger partial charge in [-0.3, -0.25) is 0 Å². The summed E-state index contributed by atoms with van der Waals surface area (Å²) in [6.07, 6.45) is 0.416. The molecule has 0 saturated heterocycles. The second-order valence-corrected chi connectivity index (χ2v) is 4.73. The Morgan fingerprint density at radius 1 is 1.21 bits per heavy atom. The van der Waals surface area contributed by atoms with Crippen LogP contribution in [0.2, 0.25) is 0 Å². The molecule has 0 aliphatic carbocycles. The first-order valence-corrected chi connectivity index (χ1v) is 6.77. The number of rotatable bonds is 9. The van der Waals surface area contributed by atoms with E-state index in [1.165, 1.54) is 5.56 Å². The van der Waals surface area contributed by atoms with E-state index in [4.69, 9.17) is 9.47 Å². The summed E-state index contributed by atoms with van der Waals surface area (Å²) in [4.78, 5) is 0. The molecule has 0 radical (unpaired) electrons. The molecular formula is C15H25NO3. The molecule has 1 aromatic rings. The van der Waals surface area contributed by atoms with Gasteiger partial charge in [0.2, 0.25) is 0 Å². The summed E-state index contributed by atoms with van der Waals surface area (Å²) in [6.45, 7) is 5.81. The van der Waals surface area contributed by atoms with E-state index in [2.05, 4.69) is 31.3 Å². The largest absolute Gasteiger partial charge is 0.491 e. The third-order valence-electron chi connectivity index (χ3n) is 2.82. The number of hydrogen-bond donors (Lipinski definition) is 2. The highest BCUT2D eigenvalue weighted by Gasteiger charge is 2.05. The first-order valence-electron chi connectivity index (χ1n) is 6.77. The van der Waals surface area contributed by atoms with E-state index in [-0.39, 0.29) is 13.2 Å². The van der Waals surface area contributed by atoms with Crippen LogP contribution in [0.15, 0.2) is 24.3 Å². The number of benzene rings is 1. The fraction of sp³-hybridized carbons (Fsp3) is 0.600. The Bertz CT molecular complexity index is 340. The lowest BCUT2D eigenvalue weighted by Gasteiger charge is -2.14. The van der Waals surface area contributed by atoms with Gasteiger partial charge in [-0.05, 0) is 37.6 Å². The van der Waals surface area contributed by atoms with Gasteiger partial charge in [0.15, 0.2) is 0 Å². The Kier molecular flexibility index (Phi) is 7.48. The zero-order valence-electron chi connectivity index (χ0n) is 12.1. The molecule has 19 heavy (non-hydrogen) atoms. The molecule has 0 fully saturated rings. The summed E-state index contributed by atoms with van der Waals surface area (Å²) in [7, 11) is 1.56. The Morgan fingerprint density at radius 3 is 2.47 bits per heavy atom. The van der Waals surface area contributed by atoms with Crippen molar-refractivity contribution >= 4 is 0 Å². The average Bonchev–Trinajstić information content (AvgIpc) is 2.38. The van der Waals surface area contributed by atoms with E-state index in [1.807, 2.05) is 12.1 Å². The minimum absolute atomic E-state index is 0.251. The molecule has 1 aromatic carbocycles. The van der Waals surface area contributed by atoms with Crippen molar-refractivity contribution in [1.82, 2.24) is 5.32 Å². The summed E-state index contributed by atoms with van der Waals surface area (Å²) < 4.78 is 10.3. The van der Waals surface area contributed by atoms with Crippen LogP contribution in [-0.4, -0.2) is 44.1 Å². The van der Waals surface area contributed by atoms with Gasteiger partial charge in [0, 0.05) is 13.2 Å². The second kappa shape index (κ2) is 8.91. The Hall–Kier alpha value is -1.10. The summed E-state index contributed by atoms with van der Waals surface area (Å²) in [6, 6.07) is 8.47. The van der Waals surface area contributed by atoms with Crippen molar-refractivity contribution in [1.29, 1.82) is 0 Å². The van der Waals surface area contributed by atoms with Gasteiger partial charge in [0.05, 0.1) is 6.61 Å². The van der Waals surface area contributed by atoms with Gasteiger partial charge < -0.3 is 19.9 Å². The molecule has 0 heterocycles. The first-order chi connectivity index (χ1) is 9.15. The van der Waals surface area contributed by atoms with Crippen LogP contribution in [0.4, 0.5) is 0 Å². The summed E-state index contributed by atoms with van der Waals surface area (Å²) in [5.74, 6) is 0.773. The van der Waals surface area contributed by atoms with E-state index >= 15 is 0 Å². The normalized spacial score (nSPS) is 14.1. The average molecular weight is 267 g/mol. The van der Waals surface area contributed by atoms with Gasteiger partial charge in [-0.15, -0.1) is 0 Å². The van der Waals surface area contributed by atoms with Gasteiger partial charge in [-0.25, -0.2) is 0 Å². The van der Waals surface area contributed by atoms with Crippen LogP contribution in [0.25, 0.3) is 0 Å². The fourth-order valence-electron chi connectivity index (χ4n) is 1.93. The Morgan fingerprint density at radius 2 is 1.89 bits per heavy atom. The van der Waals surface area contributed by atoms with Crippen molar-refractivity contribution in [3.63, 3.8) is 0 Å². The molecule has 2 N–H and O–H groups in total. The number of ether oxygens (including phenoxy) is 2. The van der Waals surface area contributed by atoms with Crippen molar-refractivity contribution in [2.45, 2.75) is 32.4 Å². The standard InChI is InChI=1S/C15H25NO3/c1-4-16-12(2)9-13-5-7-15(8-6-13)19-11-14(17)10-18-3/h5-8,12,14,16-17H,4,9-11H2,1-3H3. The number of likely N-dealkylation sites (N-methyl/N-ethyl adjacent to an activating group) is 1. The van der Waals surface area contributed by atoms with Crippen LogP contribution in [0.5, 0.6) is 5.75 Å². The summed E-state index contributed by atoms with van der Waals surface area (Å²) in [5.41, 5.74) is 1.28. The Balaban J connectivity index is 2.38. The lowest BCUT2D eigenvalue weighted by Crippen LogP contribution is -2.27. The van der Waals surface area contributed by atoms with Crippen LogP contribution in [0, 0.1) is 0 Å². The third-order valence-corrected chi connectivity index (χ3v) is 2.82. The van der Waals surface area contributed by atoms with Crippen LogP contribution in [0.1, 0.15) is 19.4 Å². The van der Waals surface area contributed by atoms with Crippen LogP contribution >= 0.6 is 0 Å². The number of nitrogens with one attached hydrogen (secondary N) is 1. The zero-order valence-corrected chi connectivity index (χ0v) is 12.1. The third kappa shape index (κ3) is 6.57. The van der Waals surface area contributed by atoms with E-state index in [9.17, 15) is 5.11 Å². The maximum atomic E-state index is 9.48. The van der Waals surface area contributed by atoms with Gasteiger partial charge >= 0.3 is 0 Å². The van der Waals surface area contributed by atoms with E-state index in [1.54, 1.807) is 7.11 Å². The molecule has 0 aliphatic rings. The van der Waals surface area contributed by atoms with E-state index < -0.39 is 6.10 Å². The van der Waals surface area contributed by atoms with E-state index in [0.29, 0.717) is 6.04 Å². The highest BCUT2D eigenvalue weighted by molar-refractivity contribution is 5.27. The molecule has 0 bridgehead atoms. The highest BCUT2D eigenvalue weighted by atomic mass is 16.5. The molecule has 1 rings (SSSR count). The topological polar surface area (TPSA) is 50.7 Å². The Labute approximate surface area is 115 Å². The van der Waals surface area contributed by atoms with Crippen molar-refractivity contribution in [3.05, 3.63) is 29.8 Å². The maximum absolute atomic E-state index is 9.48. The molecule has 0 spiro atoms. The number of aliphatic hydroxyl groups is 1. The predicted octanol–water partition coefficient (Wildman–Crippen LogP) is 1.61. The molecule has 0 saturated carbocycles. The molecule has 4 heteroatoms. The van der Waals surface area contributed by atoms with Gasteiger partial charge in [-0.2, -0.15) is 0 Å². The van der Waals surface area contributed by atoms with Crippen LogP contribution in [0.3, 0.4) is 0 Å². The summed E-state index contributed by atoms with van der Waals surface area (Å²) >= 11 is 0. The molecule has 2 atom stereocenters. The highest BCUT2D eigenvalue weighted by Crippen LogP contribution is 2.13. The molecule has 0 amide bonds. The van der Waals surface area contributed by atoms with Crippen molar-refractivity contribution < 1.29 is 14.6 Å². The van der Waals surface area contributed by atoms with Crippen molar-refractivity contribution in [3.8, 4) is 5.75 Å². The monoisotopic (exact) mass is 267 g/mol. The lowest BCUT2D eigenvalue weighted by molar-refractivity contribution is 0.0325. The quantitative estimate of drug-likeness (QED) is 0.714. The first kappa shape index (κ1) is 16.0. The number of hydrogen-bond acceptors (Lipinski definition) is 4. The maximum Gasteiger partial charge on any atom is 0.119 e. The molecule has 0 aliphatic heterocycles. The van der Waals surface area contributed by atoms with Gasteiger partial charge in [0.1, 0.15) is 18.5 Å². The molecular weight excluding hydrogens is 242 g/mol. The second-order valence-electron chi connectivity index (χ2n) is 4.73. The van der Waals surface area contributed by atoms with Gasteiger partial charge in [0.25, 0.3) is 0 Å². The number of methoxy groups -OCH3 is 1. The molecule has 2 unspecified atom stereocenters. The minimum Gasteiger partial charge on any atom is -0.491 e. The molecule has 108 valence electrons. The van der Waals surface area contributed by atoms with Crippen molar-refractivity contribution in [2.24, 2.45) is 0 Å². The SMILES string of the molecule is CCNC(C)Cc1ccc(OCC(O)COC)cc1. The predicted molar refractivity (Wildman–Crippen MR) is 76.7 cm³/mol. The molecule has 4 nitrogen and oxygen atoms in total. The smallest absolute Gasteiger partial charge is 0.119 e.